The summed E-state index contributed by atoms with van der Waals surface area (Å²) in [6, 6.07) is 8.07. The second-order valence-corrected chi connectivity index (χ2v) is 6.62. The third-order valence-corrected chi connectivity index (χ3v) is 5.45. The highest BCUT2D eigenvalue weighted by Gasteiger charge is 2.15. The molecule has 0 unspecified atom stereocenters. The smallest absolute Gasteiger partial charge is 0.0627 e. The Balaban J connectivity index is 2.11. The van der Waals surface area contributed by atoms with Crippen molar-refractivity contribution in [1.29, 1.82) is 0 Å². The van der Waals surface area contributed by atoms with Crippen LogP contribution in [-0.2, 0) is 25.7 Å². The van der Waals surface area contributed by atoms with Gasteiger partial charge in [-0.05, 0) is 60.1 Å². The highest BCUT2D eigenvalue weighted by atomic mass is 35.5. The lowest BCUT2D eigenvalue weighted by Gasteiger charge is -2.15. The molecule has 0 saturated carbocycles. The number of hydrogen-bond donors (Lipinski definition) is 0. The molecule has 4 heteroatoms. The molecule has 20 heavy (non-hydrogen) atoms. The van der Waals surface area contributed by atoms with Gasteiger partial charge < -0.3 is 0 Å². The molecule has 0 spiro atoms. The SMILES string of the molecule is Clc1cc2c(Cl)cc1CCc1ccc(c(Cl)c1Cl)CC2. The molecule has 0 amide bonds. The maximum atomic E-state index is 6.36. The fraction of sp³-hybridized carbons (Fsp3) is 0.250. The molecule has 4 aliphatic rings. The van der Waals surface area contributed by atoms with E-state index in [1.54, 1.807) is 0 Å². The van der Waals surface area contributed by atoms with E-state index in [4.69, 9.17) is 46.4 Å². The van der Waals surface area contributed by atoms with Crippen molar-refractivity contribution in [2.75, 3.05) is 0 Å². The molecule has 0 N–H and O–H groups in total. The van der Waals surface area contributed by atoms with Crippen molar-refractivity contribution < 1.29 is 0 Å². The van der Waals surface area contributed by atoms with E-state index in [1.807, 2.05) is 12.1 Å². The second-order valence-electron chi connectivity index (χ2n) is 5.05. The van der Waals surface area contributed by atoms with Crippen molar-refractivity contribution in [3.63, 3.8) is 0 Å². The number of benzene rings is 2. The molecule has 0 aromatic heterocycles. The predicted octanol–water partition coefficient (Wildman–Crippen LogP) is 6.18. The summed E-state index contributed by atoms with van der Waals surface area (Å²) in [5.74, 6) is 0. The van der Waals surface area contributed by atoms with E-state index in [9.17, 15) is 0 Å². The Morgan fingerprint density at radius 3 is 1.30 bits per heavy atom. The summed E-state index contributed by atoms with van der Waals surface area (Å²) >= 11 is 25.4. The summed E-state index contributed by atoms with van der Waals surface area (Å²) in [4.78, 5) is 0. The van der Waals surface area contributed by atoms with Crippen LogP contribution in [-0.4, -0.2) is 0 Å². The predicted molar refractivity (Wildman–Crippen MR) is 87.7 cm³/mol. The van der Waals surface area contributed by atoms with Crippen molar-refractivity contribution >= 4 is 46.4 Å². The monoisotopic (exact) mass is 344 g/mol. The highest BCUT2D eigenvalue weighted by Crippen LogP contribution is 2.34. The van der Waals surface area contributed by atoms with Crippen LogP contribution in [0.25, 0.3) is 0 Å². The van der Waals surface area contributed by atoms with Crippen molar-refractivity contribution in [2.24, 2.45) is 0 Å². The van der Waals surface area contributed by atoms with Gasteiger partial charge in [0.15, 0.2) is 0 Å². The Hall–Kier alpha value is -0.400. The Bertz CT molecular complexity index is 614. The lowest BCUT2D eigenvalue weighted by atomic mass is 9.96. The molecule has 0 aliphatic heterocycles. The summed E-state index contributed by atoms with van der Waals surface area (Å²) in [5.41, 5.74) is 4.21. The van der Waals surface area contributed by atoms with Gasteiger partial charge in [0, 0.05) is 10.0 Å². The van der Waals surface area contributed by atoms with E-state index >= 15 is 0 Å². The van der Waals surface area contributed by atoms with Crippen LogP contribution in [0.15, 0.2) is 24.3 Å². The number of halogens is 4. The first kappa shape index (κ1) is 14.5. The van der Waals surface area contributed by atoms with Gasteiger partial charge in [-0.2, -0.15) is 0 Å². The minimum atomic E-state index is 0.668. The van der Waals surface area contributed by atoms with Gasteiger partial charge in [0.25, 0.3) is 0 Å². The number of aryl methyl sites for hydroxylation is 4. The van der Waals surface area contributed by atoms with Gasteiger partial charge in [0.2, 0.25) is 0 Å². The normalized spacial score (nSPS) is 14.2. The first-order chi connectivity index (χ1) is 9.56. The maximum Gasteiger partial charge on any atom is 0.0627 e. The van der Waals surface area contributed by atoms with E-state index in [1.165, 1.54) is 0 Å². The van der Waals surface area contributed by atoms with Crippen LogP contribution < -0.4 is 0 Å². The minimum absolute atomic E-state index is 0.668. The standard InChI is InChI=1S/C16H12Cl4/c17-13-8-12-6-4-10-2-1-9(15(19)16(10)20)3-5-11(13)7-14(12)18/h1-2,7-8H,3-6H2. The molecule has 2 aromatic carbocycles. The van der Waals surface area contributed by atoms with E-state index in [0.717, 1.165) is 58.0 Å². The van der Waals surface area contributed by atoms with Gasteiger partial charge in [-0.3, -0.25) is 0 Å². The zero-order valence-electron chi connectivity index (χ0n) is 10.6. The van der Waals surface area contributed by atoms with E-state index in [2.05, 4.69) is 12.1 Å². The molecule has 0 nitrogen and oxygen atoms in total. The Morgan fingerprint density at radius 1 is 0.550 bits per heavy atom. The van der Waals surface area contributed by atoms with Gasteiger partial charge >= 0.3 is 0 Å². The molecule has 0 saturated heterocycles. The van der Waals surface area contributed by atoms with Gasteiger partial charge in [0.1, 0.15) is 0 Å². The zero-order valence-corrected chi connectivity index (χ0v) is 13.7. The summed E-state index contributed by atoms with van der Waals surface area (Å²) in [6.45, 7) is 0. The Labute approximate surface area is 138 Å². The average Bonchev–Trinajstić information content (AvgIpc) is 2.41. The molecule has 4 aliphatic carbocycles. The van der Waals surface area contributed by atoms with Crippen molar-refractivity contribution in [2.45, 2.75) is 25.7 Å². The van der Waals surface area contributed by atoms with E-state index in [0.29, 0.717) is 10.0 Å². The molecule has 0 fully saturated rings. The third kappa shape index (κ3) is 2.67. The van der Waals surface area contributed by atoms with Crippen LogP contribution in [0, 0.1) is 0 Å². The van der Waals surface area contributed by atoms with Crippen LogP contribution in [0.1, 0.15) is 22.3 Å². The number of hydrogen-bond acceptors (Lipinski definition) is 0. The molecule has 104 valence electrons. The van der Waals surface area contributed by atoms with Crippen LogP contribution in [0.5, 0.6) is 0 Å². The average molecular weight is 346 g/mol. The summed E-state index contributed by atoms with van der Waals surface area (Å²) < 4.78 is 0. The summed E-state index contributed by atoms with van der Waals surface area (Å²) in [7, 11) is 0. The van der Waals surface area contributed by atoms with Gasteiger partial charge in [-0.1, -0.05) is 58.5 Å². The first-order valence-electron chi connectivity index (χ1n) is 6.49. The molecule has 0 radical (unpaired) electrons. The zero-order chi connectivity index (χ0) is 14.3. The van der Waals surface area contributed by atoms with Crippen LogP contribution in [0.2, 0.25) is 20.1 Å². The summed E-state index contributed by atoms with van der Waals surface area (Å²) in [6.07, 6.45) is 3.20. The molecular formula is C16H12Cl4. The molecule has 6 rings (SSSR count). The minimum Gasteiger partial charge on any atom is -0.0840 e. The Kier molecular flexibility index (Phi) is 4.19. The summed E-state index contributed by atoms with van der Waals surface area (Å²) in [5, 5.41) is 2.89. The van der Waals surface area contributed by atoms with Crippen molar-refractivity contribution in [1.82, 2.24) is 0 Å². The molecular weight excluding hydrogens is 334 g/mol. The maximum absolute atomic E-state index is 6.36. The van der Waals surface area contributed by atoms with E-state index < -0.39 is 0 Å². The van der Waals surface area contributed by atoms with Crippen molar-refractivity contribution in [3.8, 4) is 0 Å². The molecule has 0 heterocycles. The molecule has 4 bridgehead atoms. The second kappa shape index (κ2) is 5.77. The van der Waals surface area contributed by atoms with Crippen LogP contribution in [0.4, 0.5) is 0 Å². The van der Waals surface area contributed by atoms with Gasteiger partial charge in [-0.15, -0.1) is 0 Å². The topological polar surface area (TPSA) is 0 Å². The fourth-order valence-corrected chi connectivity index (χ4v) is 3.69. The van der Waals surface area contributed by atoms with Gasteiger partial charge in [0.05, 0.1) is 10.0 Å². The molecule has 2 aromatic rings. The van der Waals surface area contributed by atoms with Crippen LogP contribution in [0.3, 0.4) is 0 Å². The fourth-order valence-electron chi connectivity index (χ4n) is 2.57. The highest BCUT2D eigenvalue weighted by molar-refractivity contribution is 6.43. The third-order valence-electron chi connectivity index (χ3n) is 3.79. The molecule has 0 atom stereocenters. The number of rotatable bonds is 0. The lowest BCUT2D eigenvalue weighted by molar-refractivity contribution is 0.922. The lowest BCUT2D eigenvalue weighted by Crippen LogP contribution is -2.01. The van der Waals surface area contributed by atoms with E-state index in [-0.39, 0.29) is 0 Å². The largest absolute Gasteiger partial charge is 0.0840 e. The van der Waals surface area contributed by atoms with Crippen LogP contribution >= 0.6 is 46.4 Å². The van der Waals surface area contributed by atoms with Crippen molar-refractivity contribution in [3.05, 3.63) is 66.6 Å². The van der Waals surface area contributed by atoms with Gasteiger partial charge in [-0.25, -0.2) is 0 Å². The quantitative estimate of drug-likeness (QED) is 0.534. The Morgan fingerprint density at radius 2 is 0.900 bits per heavy atom. The first-order valence-corrected chi connectivity index (χ1v) is 8.00.